The minimum absolute atomic E-state index is 0.0522. The molecular formula is C14H19NO2. The molecule has 0 aromatic heterocycles. The number of carbonyl (C=O) groups is 1. The van der Waals surface area contributed by atoms with Gasteiger partial charge in [0.25, 0.3) is 0 Å². The third-order valence-corrected chi connectivity index (χ3v) is 2.91. The standard InChI is InChI=1S/C14H19NO2/c1-10(2)7-15-8-11-9-17-13-6-4-3-5-12(13)14(11)16/h3-6,10-11,15H,7-9H2,1-2H3. The fraction of sp³-hybridized carbons (Fsp3) is 0.500. The van der Waals surface area contributed by atoms with Crippen LogP contribution in [0.15, 0.2) is 24.3 Å². The summed E-state index contributed by atoms with van der Waals surface area (Å²) in [5.74, 6) is 1.46. The van der Waals surface area contributed by atoms with Gasteiger partial charge in [0.05, 0.1) is 18.1 Å². The third-order valence-electron chi connectivity index (χ3n) is 2.91. The lowest BCUT2D eigenvalue weighted by Gasteiger charge is -2.24. The van der Waals surface area contributed by atoms with Gasteiger partial charge >= 0.3 is 0 Å². The van der Waals surface area contributed by atoms with Gasteiger partial charge in [-0.1, -0.05) is 26.0 Å². The summed E-state index contributed by atoms with van der Waals surface area (Å²) in [6, 6.07) is 7.46. The number of ketones is 1. The summed E-state index contributed by atoms with van der Waals surface area (Å²) in [4.78, 5) is 12.2. The van der Waals surface area contributed by atoms with E-state index in [4.69, 9.17) is 4.74 Å². The van der Waals surface area contributed by atoms with Crippen molar-refractivity contribution in [2.45, 2.75) is 13.8 Å². The molecule has 1 atom stereocenters. The minimum atomic E-state index is -0.0522. The maximum atomic E-state index is 12.2. The molecule has 1 unspecified atom stereocenters. The molecule has 0 bridgehead atoms. The highest BCUT2D eigenvalue weighted by Crippen LogP contribution is 2.26. The second kappa shape index (κ2) is 5.32. The molecule has 1 aromatic carbocycles. The Hall–Kier alpha value is -1.35. The molecule has 1 aliphatic rings. The molecular weight excluding hydrogens is 214 g/mol. The van der Waals surface area contributed by atoms with Gasteiger partial charge in [-0.3, -0.25) is 4.79 Å². The molecule has 1 aromatic rings. The number of hydrogen-bond donors (Lipinski definition) is 1. The second-order valence-corrected chi connectivity index (χ2v) is 4.92. The van der Waals surface area contributed by atoms with Gasteiger partial charge < -0.3 is 10.1 Å². The van der Waals surface area contributed by atoms with Crippen molar-refractivity contribution >= 4 is 5.78 Å². The summed E-state index contributed by atoms with van der Waals surface area (Å²) >= 11 is 0. The minimum Gasteiger partial charge on any atom is -0.492 e. The van der Waals surface area contributed by atoms with Gasteiger partial charge in [-0.05, 0) is 24.6 Å². The monoisotopic (exact) mass is 233 g/mol. The fourth-order valence-corrected chi connectivity index (χ4v) is 1.98. The molecule has 0 radical (unpaired) electrons. The van der Waals surface area contributed by atoms with E-state index < -0.39 is 0 Å². The molecule has 2 rings (SSSR count). The van der Waals surface area contributed by atoms with E-state index in [-0.39, 0.29) is 11.7 Å². The van der Waals surface area contributed by atoms with Crippen LogP contribution in [-0.2, 0) is 0 Å². The van der Waals surface area contributed by atoms with Gasteiger partial charge in [-0.15, -0.1) is 0 Å². The topological polar surface area (TPSA) is 38.3 Å². The maximum absolute atomic E-state index is 12.2. The third kappa shape index (κ3) is 2.86. The van der Waals surface area contributed by atoms with E-state index in [0.717, 1.165) is 17.9 Å². The van der Waals surface area contributed by atoms with E-state index in [2.05, 4.69) is 19.2 Å². The lowest BCUT2D eigenvalue weighted by Crippen LogP contribution is -2.37. The Kier molecular flexibility index (Phi) is 3.79. The molecule has 92 valence electrons. The first kappa shape index (κ1) is 12.1. The zero-order valence-corrected chi connectivity index (χ0v) is 10.4. The van der Waals surface area contributed by atoms with Crippen molar-refractivity contribution in [1.82, 2.24) is 5.32 Å². The molecule has 3 heteroatoms. The number of ether oxygens (including phenoxy) is 1. The smallest absolute Gasteiger partial charge is 0.174 e. The summed E-state index contributed by atoms with van der Waals surface area (Å²) < 4.78 is 5.60. The molecule has 1 heterocycles. The first-order valence-corrected chi connectivity index (χ1v) is 6.15. The molecule has 0 spiro atoms. The van der Waals surface area contributed by atoms with Crippen LogP contribution in [0.5, 0.6) is 5.75 Å². The number of para-hydroxylation sites is 1. The average Bonchev–Trinajstić information content (AvgIpc) is 2.32. The van der Waals surface area contributed by atoms with Crippen molar-refractivity contribution in [3.63, 3.8) is 0 Å². The highest BCUT2D eigenvalue weighted by atomic mass is 16.5. The van der Waals surface area contributed by atoms with Gasteiger partial charge in [-0.25, -0.2) is 0 Å². The van der Waals surface area contributed by atoms with Crippen molar-refractivity contribution in [2.75, 3.05) is 19.7 Å². The number of Topliss-reactive ketones (excluding diaryl/α,β-unsaturated/α-hetero) is 1. The Morgan fingerprint density at radius 3 is 2.94 bits per heavy atom. The SMILES string of the molecule is CC(C)CNCC1COc2ccccc2C1=O. The van der Waals surface area contributed by atoms with Crippen molar-refractivity contribution < 1.29 is 9.53 Å². The molecule has 0 fully saturated rings. The van der Waals surface area contributed by atoms with Crippen LogP contribution in [0.3, 0.4) is 0 Å². The Bertz CT molecular complexity index is 401. The quantitative estimate of drug-likeness (QED) is 0.865. The van der Waals surface area contributed by atoms with Gasteiger partial charge in [0.2, 0.25) is 0 Å². The Morgan fingerprint density at radius 1 is 1.41 bits per heavy atom. The maximum Gasteiger partial charge on any atom is 0.174 e. The molecule has 0 saturated heterocycles. The number of fused-ring (bicyclic) bond motifs is 1. The van der Waals surface area contributed by atoms with Crippen LogP contribution < -0.4 is 10.1 Å². The Labute approximate surface area is 102 Å². The highest BCUT2D eigenvalue weighted by molar-refractivity contribution is 6.01. The number of nitrogens with one attached hydrogen (secondary N) is 1. The highest BCUT2D eigenvalue weighted by Gasteiger charge is 2.27. The van der Waals surface area contributed by atoms with Crippen LogP contribution in [0.4, 0.5) is 0 Å². The summed E-state index contributed by atoms with van der Waals surface area (Å²) in [5.41, 5.74) is 0.718. The van der Waals surface area contributed by atoms with E-state index in [9.17, 15) is 4.79 Å². The molecule has 3 nitrogen and oxygen atoms in total. The van der Waals surface area contributed by atoms with Gasteiger partial charge in [-0.2, -0.15) is 0 Å². The van der Waals surface area contributed by atoms with Crippen LogP contribution in [0.25, 0.3) is 0 Å². The summed E-state index contributed by atoms with van der Waals surface area (Å²) in [6.45, 7) is 6.43. The molecule has 0 amide bonds. The number of carbonyl (C=O) groups excluding carboxylic acids is 1. The molecule has 0 saturated carbocycles. The number of hydrogen-bond acceptors (Lipinski definition) is 3. The van der Waals surface area contributed by atoms with E-state index in [1.54, 1.807) is 0 Å². The van der Waals surface area contributed by atoms with Crippen molar-refractivity contribution in [3.8, 4) is 5.75 Å². The number of benzene rings is 1. The lowest BCUT2D eigenvalue weighted by atomic mass is 9.95. The molecule has 1 aliphatic heterocycles. The molecule has 0 aliphatic carbocycles. The summed E-state index contributed by atoms with van der Waals surface area (Å²) in [5, 5.41) is 3.31. The van der Waals surface area contributed by atoms with Crippen molar-refractivity contribution in [1.29, 1.82) is 0 Å². The van der Waals surface area contributed by atoms with E-state index in [1.165, 1.54) is 0 Å². The largest absolute Gasteiger partial charge is 0.492 e. The van der Waals surface area contributed by atoms with Gasteiger partial charge in [0, 0.05) is 6.54 Å². The Balaban J connectivity index is 1.98. The summed E-state index contributed by atoms with van der Waals surface area (Å²) in [7, 11) is 0. The molecule has 17 heavy (non-hydrogen) atoms. The summed E-state index contributed by atoms with van der Waals surface area (Å²) in [6.07, 6.45) is 0. The predicted molar refractivity (Wildman–Crippen MR) is 67.5 cm³/mol. The fourth-order valence-electron chi connectivity index (χ4n) is 1.98. The van der Waals surface area contributed by atoms with Crippen LogP contribution in [0.2, 0.25) is 0 Å². The first-order valence-electron chi connectivity index (χ1n) is 6.15. The van der Waals surface area contributed by atoms with E-state index >= 15 is 0 Å². The zero-order valence-electron chi connectivity index (χ0n) is 10.4. The van der Waals surface area contributed by atoms with E-state index in [0.29, 0.717) is 19.1 Å². The Morgan fingerprint density at radius 2 is 2.18 bits per heavy atom. The van der Waals surface area contributed by atoms with Gasteiger partial charge in [0.1, 0.15) is 5.75 Å². The lowest BCUT2D eigenvalue weighted by molar-refractivity contribution is 0.0829. The zero-order chi connectivity index (χ0) is 12.3. The number of rotatable bonds is 4. The van der Waals surface area contributed by atoms with Gasteiger partial charge in [0.15, 0.2) is 5.78 Å². The van der Waals surface area contributed by atoms with E-state index in [1.807, 2.05) is 24.3 Å². The van der Waals surface area contributed by atoms with Crippen molar-refractivity contribution in [3.05, 3.63) is 29.8 Å². The average molecular weight is 233 g/mol. The predicted octanol–water partition coefficient (Wildman–Crippen LogP) is 2.12. The van der Waals surface area contributed by atoms with Crippen LogP contribution in [-0.4, -0.2) is 25.5 Å². The van der Waals surface area contributed by atoms with Crippen LogP contribution >= 0.6 is 0 Å². The second-order valence-electron chi connectivity index (χ2n) is 4.92. The first-order chi connectivity index (χ1) is 8.18. The van der Waals surface area contributed by atoms with Crippen LogP contribution in [0, 0.1) is 11.8 Å². The molecule has 1 N–H and O–H groups in total. The van der Waals surface area contributed by atoms with Crippen LogP contribution in [0.1, 0.15) is 24.2 Å². The van der Waals surface area contributed by atoms with Crippen molar-refractivity contribution in [2.24, 2.45) is 11.8 Å². The normalized spacial score (nSPS) is 19.0.